The Morgan fingerprint density at radius 2 is 2.13 bits per heavy atom. The molecule has 1 aliphatic rings. The van der Waals surface area contributed by atoms with Crippen molar-refractivity contribution in [3.05, 3.63) is 47.3 Å². The smallest absolute Gasteiger partial charge is 0.319 e. The summed E-state index contributed by atoms with van der Waals surface area (Å²) in [4.78, 5) is 25.5. The lowest BCUT2D eigenvalue weighted by atomic mass is 10.2. The van der Waals surface area contributed by atoms with Gasteiger partial charge in [-0.05, 0) is 23.6 Å². The Balaban J connectivity index is 1.51. The van der Waals surface area contributed by atoms with Crippen molar-refractivity contribution >= 4 is 28.3 Å². The van der Waals surface area contributed by atoms with Crippen LogP contribution in [0.1, 0.15) is 5.56 Å². The molecule has 1 aromatic carbocycles. The highest BCUT2D eigenvalue weighted by atomic mass is 32.1. The van der Waals surface area contributed by atoms with Crippen molar-refractivity contribution < 1.29 is 14.3 Å². The Labute approximate surface area is 138 Å². The Bertz CT molecular complexity index is 688. The minimum absolute atomic E-state index is 0.0262. The van der Waals surface area contributed by atoms with Crippen LogP contribution < -0.4 is 15.4 Å². The number of anilines is 1. The molecule has 120 valence electrons. The van der Waals surface area contributed by atoms with Gasteiger partial charge in [0.1, 0.15) is 5.75 Å². The number of nitrogens with zero attached hydrogens (tertiary/aromatic N) is 1. The van der Waals surface area contributed by atoms with Crippen molar-refractivity contribution in [1.82, 2.24) is 10.2 Å². The maximum atomic E-state index is 12.1. The third-order valence-electron chi connectivity index (χ3n) is 3.46. The molecule has 3 amide bonds. The number of hydrogen-bond acceptors (Lipinski definition) is 4. The number of carbonyl (C=O) groups excluding carboxylic acids is 2. The standard InChI is InChI=1S/C16H17N3O3S/c20-15-11-22-13-5-2-1-4-12(13)10-19(15)8-7-17-16(21)18-14-6-3-9-23-14/h1-6,9H,7-8,10-11H2,(H2,17,18,21). The van der Waals surface area contributed by atoms with E-state index in [0.717, 1.165) is 16.3 Å². The van der Waals surface area contributed by atoms with Gasteiger partial charge in [-0.15, -0.1) is 11.3 Å². The van der Waals surface area contributed by atoms with Crippen LogP contribution >= 0.6 is 11.3 Å². The summed E-state index contributed by atoms with van der Waals surface area (Å²) in [5.41, 5.74) is 0.974. The number of fused-ring (bicyclic) bond motifs is 1. The molecule has 0 spiro atoms. The van der Waals surface area contributed by atoms with E-state index in [1.807, 2.05) is 41.8 Å². The van der Waals surface area contributed by atoms with Crippen LogP contribution in [-0.2, 0) is 11.3 Å². The van der Waals surface area contributed by atoms with E-state index in [-0.39, 0.29) is 18.5 Å². The monoisotopic (exact) mass is 331 g/mol. The minimum atomic E-state index is -0.272. The second kappa shape index (κ2) is 7.15. The fourth-order valence-electron chi connectivity index (χ4n) is 2.31. The van der Waals surface area contributed by atoms with Gasteiger partial charge in [0.05, 0.1) is 5.00 Å². The zero-order chi connectivity index (χ0) is 16.1. The molecule has 1 aliphatic heterocycles. The fraction of sp³-hybridized carbons (Fsp3) is 0.250. The van der Waals surface area contributed by atoms with Crippen molar-refractivity contribution in [3.8, 4) is 5.75 Å². The number of benzene rings is 1. The second-order valence-corrected chi connectivity index (χ2v) is 6.02. The third kappa shape index (κ3) is 4.01. The van der Waals surface area contributed by atoms with Gasteiger partial charge in [-0.25, -0.2) is 4.79 Å². The van der Waals surface area contributed by atoms with Crippen LogP contribution in [0.2, 0.25) is 0 Å². The van der Waals surface area contributed by atoms with Gasteiger partial charge in [-0.1, -0.05) is 18.2 Å². The van der Waals surface area contributed by atoms with Crippen LogP contribution in [-0.4, -0.2) is 36.5 Å². The van der Waals surface area contributed by atoms with Gasteiger partial charge in [-0.3, -0.25) is 10.1 Å². The molecule has 0 saturated carbocycles. The third-order valence-corrected chi connectivity index (χ3v) is 4.25. The van der Waals surface area contributed by atoms with E-state index < -0.39 is 0 Å². The molecule has 0 bridgehead atoms. The summed E-state index contributed by atoms with van der Waals surface area (Å²) >= 11 is 1.46. The van der Waals surface area contributed by atoms with E-state index >= 15 is 0 Å². The van der Waals surface area contributed by atoms with Crippen molar-refractivity contribution in [3.63, 3.8) is 0 Å². The number of ether oxygens (including phenoxy) is 1. The number of carbonyl (C=O) groups is 2. The van der Waals surface area contributed by atoms with Gasteiger partial charge in [0, 0.05) is 25.2 Å². The SMILES string of the molecule is O=C(NCCN1Cc2ccccc2OCC1=O)Nc1cccs1. The first-order valence-electron chi connectivity index (χ1n) is 7.29. The van der Waals surface area contributed by atoms with Gasteiger partial charge in [-0.2, -0.15) is 0 Å². The van der Waals surface area contributed by atoms with Gasteiger partial charge in [0.25, 0.3) is 5.91 Å². The molecule has 0 saturated heterocycles. The zero-order valence-corrected chi connectivity index (χ0v) is 13.3. The van der Waals surface area contributed by atoms with Crippen LogP contribution in [0, 0.1) is 0 Å². The quantitative estimate of drug-likeness (QED) is 0.903. The molecule has 0 atom stereocenters. The number of urea groups is 1. The minimum Gasteiger partial charge on any atom is -0.483 e. The number of hydrogen-bond donors (Lipinski definition) is 2. The van der Waals surface area contributed by atoms with E-state index in [1.165, 1.54) is 11.3 Å². The van der Waals surface area contributed by atoms with Gasteiger partial charge in [0.15, 0.2) is 6.61 Å². The number of para-hydroxylation sites is 1. The molecule has 0 aliphatic carbocycles. The average molecular weight is 331 g/mol. The highest BCUT2D eigenvalue weighted by Crippen LogP contribution is 2.22. The number of amides is 3. The first-order valence-corrected chi connectivity index (χ1v) is 8.17. The lowest BCUT2D eigenvalue weighted by molar-refractivity contribution is -0.133. The van der Waals surface area contributed by atoms with Crippen LogP contribution in [0.3, 0.4) is 0 Å². The average Bonchev–Trinajstić information content (AvgIpc) is 2.99. The van der Waals surface area contributed by atoms with E-state index in [1.54, 1.807) is 4.90 Å². The molecule has 0 fully saturated rings. The van der Waals surface area contributed by atoms with Crippen LogP contribution in [0.25, 0.3) is 0 Å². The molecule has 2 N–H and O–H groups in total. The lowest BCUT2D eigenvalue weighted by Crippen LogP contribution is -2.40. The van der Waals surface area contributed by atoms with E-state index in [9.17, 15) is 9.59 Å². The highest BCUT2D eigenvalue weighted by Gasteiger charge is 2.20. The first-order chi connectivity index (χ1) is 11.2. The first kappa shape index (κ1) is 15.4. The number of rotatable bonds is 4. The summed E-state index contributed by atoms with van der Waals surface area (Å²) < 4.78 is 5.50. The predicted molar refractivity (Wildman–Crippen MR) is 88.7 cm³/mol. The van der Waals surface area contributed by atoms with E-state index in [4.69, 9.17) is 4.74 Å². The summed E-state index contributed by atoms with van der Waals surface area (Å²) in [5.74, 6) is 0.661. The van der Waals surface area contributed by atoms with Crippen LogP contribution in [0.4, 0.5) is 9.80 Å². The van der Waals surface area contributed by atoms with Crippen LogP contribution in [0.5, 0.6) is 5.75 Å². The lowest BCUT2D eigenvalue weighted by Gasteiger charge is -2.20. The van der Waals surface area contributed by atoms with E-state index in [2.05, 4.69) is 10.6 Å². The molecular weight excluding hydrogens is 314 g/mol. The molecule has 3 rings (SSSR count). The second-order valence-electron chi connectivity index (χ2n) is 5.07. The molecule has 6 nitrogen and oxygen atoms in total. The predicted octanol–water partition coefficient (Wildman–Crippen LogP) is 2.29. The zero-order valence-electron chi connectivity index (χ0n) is 12.5. The van der Waals surface area contributed by atoms with Crippen molar-refractivity contribution in [2.45, 2.75) is 6.54 Å². The maximum absolute atomic E-state index is 12.1. The Morgan fingerprint density at radius 1 is 1.26 bits per heavy atom. The fourth-order valence-corrected chi connectivity index (χ4v) is 2.93. The Morgan fingerprint density at radius 3 is 2.96 bits per heavy atom. The topological polar surface area (TPSA) is 70.7 Å². The Hall–Kier alpha value is -2.54. The summed E-state index contributed by atoms with van der Waals surface area (Å²) in [5, 5.41) is 8.17. The maximum Gasteiger partial charge on any atom is 0.319 e. The van der Waals surface area contributed by atoms with Gasteiger partial charge < -0.3 is 15.0 Å². The van der Waals surface area contributed by atoms with E-state index in [0.29, 0.717) is 19.6 Å². The summed E-state index contributed by atoms with van der Waals surface area (Å²) in [6.07, 6.45) is 0. The van der Waals surface area contributed by atoms with Crippen molar-refractivity contribution in [1.29, 1.82) is 0 Å². The highest BCUT2D eigenvalue weighted by molar-refractivity contribution is 7.14. The van der Waals surface area contributed by atoms with Crippen LogP contribution in [0.15, 0.2) is 41.8 Å². The molecular formula is C16H17N3O3S. The molecule has 7 heteroatoms. The molecule has 2 heterocycles. The Kier molecular flexibility index (Phi) is 4.77. The van der Waals surface area contributed by atoms with Crippen molar-refractivity contribution in [2.75, 3.05) is 25.0 Å². The summed E-state index contributed by atoms with van der Waals surface area (Å²) in [6.45, 7) is 1.33. The molecule has 23 heavy (non-hydrogen) atoms. The molecule has 0 unspecified atom stereocenters. The summed E-state index contributed by atoms with van der Waals surface area (Å²) in [7, 11) is 0. The van der Waals surface area contributed by atoms with Crippen molar-refractivity contribution in [2.24, 2.45) is 0 Å². The van der Waals surface area contributed by atoms with Gasteiger partial charge >= 0.3 is 6.03 Å². The molecule has 1 aromatic heterocycles. The number of thiophene rings is 1. The largest absolute Gasteiger partial charge is 0.483 e. The number of nitrogens with one attached hydrogen (secondary N) is 2. The normalized spacial score (nSPS) is 13.7. The van der Waals surface area contributed by atoms with Gasteiger partial charge in [0.2, 0.25) is 0 Å². The molecule has 0 radical (unpaired) electrons. The summed E-state index contributed by atoms with van der Waals surface area (Å²) in [6, 6.07) is 11.0. The molecule has 2 aromatic rings.